The van der Waals surface area contributed by atoms with Crippen LogP contribution in [0.4, 0.5) is 10.7 Å². The molecule has 0 spiro atoms. The van der Waals surface area contributed by atoms with Crippen LogP contribution < -0.4 is 11.1 Å². The van der Waals surface area contributed by atoms with Crippen LogP contribution in [0.15, 0.2) is 49.6 Å². The van der Waals surface area contributed by atoms with E-state index in [1.165, 1.54) is 22.7 Å². The van der Waals surface area contributed by atoms with E-state index in [9.17, 15) is 4.21 Å². The molecule has 0 bridgehead atoms. The first-order valence-corrected chi connectivity index (χ1v) is 12.1. The lowest BCUT2D eigenvalue weighted by Crippen LogP contribution is -2.23. The fraction of sp³-hybridized carbons (Fsp3) is 0.250. The Morgan fingerprint density at radius 3 is 2.90 bits per heavy atom. The molecule has 2 aromatic rings. The maximum Gasteiger partial charge on any atom is 0.143 e. The van der Waals surface area contributed by atoms with Crippen LogP contribution in [0.1, 0.15) is 37.4 Å². The highest BCUT2D eigenvalue weighted by Crippen LogP contribution is 2.48. The summed E-state index contributed by atoms with van der Waals surface area (Å²) < 4.78 is 13.8. The van der Waals surface area contributed by atoms with Gasteiger partial charge in [0.15, 0.2) is 0 Å². The molecule has 3 heterocycles. The molecule has 4 N–H and O–H groups in total. The van der Waals surface area contributed by atoms with Crippen molar-refractivity contribution >= 4 is 62.3 Å². The van der Waals surface area contributed by atoms with E-state index in [2.05, 4.69) is 22.0 Å². The van der Waals surface area contributed by atoms with Gasteiger partial charge in [0, 0.05) is 27.5 Å². The van der Waals surface area contributed by atoms with E-state index in [1.54, 1.807) is 11.6 Å². The number of allylic oxidation sites excluding steroid dienone is 3. The van der Waals surface area contributed by atoms with Gasteiger partial charge in [0.05, 0.1) is 27.7 Å². The minimum absolute atomic E-state index is 0.101. The van der Waals surface area contributed by atoms with Crippen LogP contribution in [0.3, 0.4) is 0 Å². The lowest BCUT2D eigenvalue weighted by molar-refractivity contribution is 0.505. The molecule has 1 saturated carbocycles. The summed E-state index contributed by atoms with van der Waals surface area (Å²) >= 11 is 2.99. The van der Waals surface area contributed by atoms with Crippen molar-refractivity contribution < 1.29 is 4.21 Å². The van der Waals surface area contributed by atoms with Crippen LogP contribution in [-0.2, 0) is 10.8 Å². The molecule has 0 saturated heterocycles. The van der Waals surface area contributed by atoms with Crippen molar-refractivity contribution in [2.75, 3.05) is 11.1 Å². The lowest BCUT2D eigenvalue weighted by atomic mass is 9.98. The van der Waals surface area contributed by atoms with Gasteiger partial charge in [-0.2, -0.15) is 0 Å². The highest BCUT2D eigenvalue weighted by atomic mass is 32.2. The zero-order chi connectivity index (χ0) is 20.5. The van der Waals surface area contributed by atoms with Gasteiger partial charge >= 0.3 is 0 Å². The SMILES string of the molecule is C=NC(=N)C=CC(C)=C1C=C(c2cscn2)c2c(sc(S(=O)C3CCC3)c2N)N1. The zero-order valence-corrected chi connectivity index (χ0v) is 18.3. The third-order valence-corrected chi connectivity index (χ3v) is 8.96. The Bertz CT molecular complexity index is 1090. The minimum Gasteiger partial charge on any atom is -0.396 e. The second kappa shape index (κ2) is 8.17. The van der Waals surface area contributed by atoms with Gasteiger partial charge in [0.1, 0.15) is 15.0 Å². The Morgan fingerprint density at radius 1 is 1.48 bits per heavy atom. The topological polar surface area (TPSA) is 104 Å². The van der Waals surface area contributed by atoms with E-state index in [0.29, 0.717) is 5.69 Å². The third-order valence-electron chi connectivity index (χ3n) is 5.05. The first-order valence-electron chi connectivity index (χ1n) is 9.14. The molecule has 1 aliphatic heterocycles. The van der Waals surface area contributed by atoms with Crippen molar-refractivity contribution in [3.63, 3.8) is 0 Å². The number of nitrogens with zero attached hydrogens (tertiary/aromatic N) is 2. The van der Waals surface area contributed by atoms with Crippen LogP contribution in [0, 0.1) is 5.41 Å². The fourth-order valence-electron chi connectivity index (χ4n) is 3.15. The quantitative estimate of drug-likeness (QED) is 0.455. The van der Waals surface area contributed by atoms with Gasteiger partial charge in [-0.05, 0) is 44.2 Å². The number of aromatic nitrogens is 1. The molecule has 4 rings (SSSR count). The number of rotatable bonds is 5. The third kappa shape index (κ3) is 3.77. The van der Waals surface area contributed by atoms with Crippen LogP contribution in [0.2, 0.25) is 0 Å². The molecule has 1 aliphatic carbocycles. The van der Waals surface area contributed by atoms with Crippen LogP contribution >= 0.6 is 22.7 Å². The van der Waals surface area contributed by atoms with Crippen molar-refractivity contribution in [3.05, 3.63) is 51.6 Å². The average molecular weight is 444 g/mol. The number of thiophene rings is 1. The van der Waals surface area contributed by atoms with Gasteiger partial charge in [-0.1, -0.05) is 12.5 Å². The number of aliphatic imine (C=N–C) groups is 1. The smallest absolute Gasteiger partial charge is 0.143 e. The van der Waals surface area contributed by atoms with Gasteiger partial charge in [0.25, 0.3) is 0 Å². The number of nitrogen functional groups attached to an aromatic ring is 1. The van der Waals surface area contributed by atoms with Crippen molar-refractivity contribution in [1.29, 1.82) is 5.41 Å². The number of hydrogen-bond acceptors (Lipinski definition) is 7. The van der Waals surface area contributed by atoms with Gasteiger partial charge in [-0.25, -0.2) is 9.98 Å². The van der Waals surface area contributed by atoms with E-state index in [0.717, 1.165) is 56.6 Å². The van der Waals surface area contributed by atoms with E-state index in [1.807, 2.05) is 24.5 Å². The number of nitrogens with one attached hydrogen (secondary N) is 2. The second-order valence-electron chi connectivity index (χ2n) is 6.89. The maximum atomic E-state index is 13.0. The molecule has 0 radical (unpaired) electrons. The van der Waals surface area contributed by atoms with E-state index >= 15 is 0 Å². The van der Waals surface area contributed by atoms with Gasteiger partial charge in [-0.15, -0.1) is 22.7 Å². The summed E-state index contributed by atoms with van der Waals surface area (Å²) in [6.07, 6.45) is 8.56. The van der Waals surface area contributed by atoms with Gasteiger partial charge in [-0.3, -0.25) is 9.62 Å². The first-order chi connectivity index (χ1) is 14.0. The number of anilines is 2. The Morgan fingerprint density at radius 2 is 2.28 bits per heavy atom. The summed E-state index contributed by atoms with van der Waals surface area (Å²) in [7, 11) is -1.08. The first kappa shape index (κ1) is 19.9. The highest BCUT2D eigenvalue weighted by Gasteiger charge is 2.32. The summed E-state index contributed by atoms with van der Waals surface area (Å²) in [5.41, 5.74) is 13.4. The molecule has 9 heteroatoms. The molecule has 0 amide bonds. The Hall–Kier alpha value is -2.36. The van der Waals surface area contributed by atoms with Crippen LogP contribution in [0.25, 0.3) is 5.57 Å². The van der Waals surface area contributed by atoms with Crippen LogP contribution in [0.5, 0.6) is 0 Å². The summed E-state index contributed by atoms with van der Waals surface area (Å²) in [5, 5.41) is 14.1. The zero-order valence-electron chi connectivity index (χ0n) is 15.9. The van der Waals surface area contributed by atoms with Gasteiger partial charge in [0.2, 0.25) is 0 Å². The second-order valence-corrected chi connectivity index (χ2v) is 10.6. The number of amidine groups is 1. The van der Waals surface area contributed by atoms with Crippen LogP contribution in [-0.4, -0.2) is 27.0 Å². The van der Waals surface area contributed by atoms with E-state index < -0.39 is 10.8 Å². The normalized spacial score (nSPS) is 19.1. The lowest BCUT2D eigenvalue weighted by Gasteiger charge is -2.23. The molecule has 6 nitrogen and oxygen atoms in total. The number of fused-ring (bicyclic) bond motifs is 1. The molecule has 2 aliphatic rings. The fourth-order valence-corrected chi connectivity index (χ4v) is 6.95. The van der Waals surface area contributed by atoms with Crippen molar-refractivity contribution in [2.24, 2.45) is 4.99 Å². The monoisotopic (exact) mass is 443 g/mol. The summed E-state index contributed by atoms with van der Waals surface area (Å²) in [4.78, 5) is 8.07. The molecular formula is C20H21N5OS3. The Balaban J connectivity index is 1.80. The summed E-state index contributed by atoms with van der Waals surface area (Å²) in [6.45, 7) is 5.32. The Labute approximate surface area is 179 Å². The maximum absolute atomic E-state index is 13.0. The molecule has 150 valence electrons. The predicted octanol–water partition coefficient (Wildman–Crippen LogP) is 4.81. The molecular weight excluding hydrogens is 422 g/mol. The molecule has 2 aromatic heterocycles. The number of thiazole rings is 1. The molecule has 0 aromatic carbocycles. The largest absolute Gasteiger partial charge is 0.396 e. The van der Waals surface area contributed by atoms with Crippen molar-refractivity contribution in [2.45, 2.75) is 35.6 Å². The summed E-state index contributed by atoms with van der Waals surface area (Å²) in [6, 6.07) is 0. The van der Waals surface area contributed by atoms with E-state index in [-0.39, 0.29) is 11.1 Å². The van der Waals surface area contributed by atoms with Crippen molar-refractivity contribution in [1.82, 2.24) is 4.98 Å². The van der Waals surface area contributed by atoms with Gasteiger partial charge < -0.3 is 11.1 Å². The Kier molecular flexibility index (Phi) is 5.62. The molecule has 29 heavy (non-hydrogen) atoms. The molecule has 1 atom stereocenters. The summed E-state index contributed by atoms with van der Waals surface area (Å²) in [5.74, 6) is 0.101. The van der Waals surface area contributed by atoms with E-state index in [4.69, 9.17) is 11.1 Å². The predicted molar refractivity (Wildman–Crippen MR) is 125 cm³/mol. The standard InChI is InChI=1S/C20H21N5OS3/c1-11(6-7-16(21)23-2)14-8-13(15-9-27-10-24-15)17-18(22)20(28-19(17)25-14)29(26)12-4-3-5-12/h6-10,12,21,25H,2-5,22H2,1H3. The van der Waals surface area contributed by atoms with Crippen molar-refractivity contribution in [3.8, 4) is 0 Å². The number of nitrogens with two attached hydrogens (primary N) is 1. The number of hydrogen-bond donors (Lipinski definition) is 3. The highest BCUT2D eigenvalue weighted by molar-refractivity contribution is 7.88. The molecule has 1 fully saturated rings. The molecule has 1 unspecified atom stereocenters. The minimum atomic E-state index is -1.08. The average Bonchev–Trinajstić information content (AvgIpc) is 3.32.